The molecule has 0 atom stereocenters. The highest BCUT2D eigenvalue weighted by molar-refractivity contribution is 7.00. The molecular formula is C27H24ClN3O2Si. The molecule has 0 aliphatic rings. The van der Waals surface area contributed by atoms with Crippen LogP contribution < -0.4 is 14.8 Å². The molecule has 3 aromatic heterocycles. The molecule has 0 fully saturated rings. The Morgan fingerprint density at radius 3 is 1.97 bits per heavy atom. The monoisotopic (exact) mass is 485 g/mol. The van der Waals surface area contributed by atoms with Crippen molar-refractivity contribution >= 4 is 41.3 Å². The Balaban J connectivity index is 1.82. The number of nitrogens with zero attached hydrogens (tertiary/aromatic N) is 3. The average molecular weight is 486 g/mol. The number of benzene rings is 2. The van der Waals surface area contributed by atoms with Gasteiger partial charge in [0, 0.05) is 18.6 Å². The molecule has 0 N–H and O–H groups in total. The summed E-state index contributed by atoms with van der Waals surface area (Å²) >= 11 is 5.96. The highest BCUT2D eigenvalue weighted by Crippen LogP contribution is 2.44. The minimum atomic E-state index is -2.89. The zero-order valence-electron chi connectivity index (χ0n) is 19.2. The molecule has 2 aromatic carbocycles. The first kappa shape index (κ1) is 22.3. The molecule has 7 heteroatoms. The minimum Gasteiger partial charge on any atom is -0.531 e. The summed E-state index contributed by atoms with van der Waals surface area (Å²) in [6.45, 7) is 6.73. The van der Waals surface area contributed by atoms with E-state index in [1.807, 2.05) is 18.2 Å². The van der Waals surface area contributed by atoms with E-state index in [0.29, 0.717) is 22.7 Å². The van der Waals surface area contributed by atoms with E-state index >= 15 is 0 Å². The summed E-state index contributed by atoms with van der Waals surface area (Å²) < 4.78 is 13.6. The maximum atomic E-state index is 7.34. The first-order chi connectivity index (χ1) is 16.4. The van der Waals surface area contributed by atoms with Gasteiger partial charge >= 0.3 is 8.32 Å². The Kier molecular flexibility index (Phi) is 5.71. The van der Waals surface area contributed by atoms with Crippen molar-refractivity contribution < 1.29 is 8.84 Å². The summed E-state index contributed by atoms with van der Waals surface area (Å²) in [5, 5.41) is 3.18. The molecule has 0 saturated carbocycles. The minimum absolute atomic E-state index is 0.177. The molecule has 5 rings (SSSR count). The largest absolute Gasteiger partial charge is 0.531 e. The van der Waals surface area contributed by atoms with Crippen LogP contribution >= 0.6 is 11.6 Å². The van der Waals surface area contributed by atoms with Gasteiger partial charge in [-0.05, 0) is 33.1 Å². The zero-order valence-corrected chi connectivity index (χ0v) is 21.0. The Morgan fingerprint density at radius 2 is 1.41 bits per heavy atom. The standard InChI is InChI=1S/C27H24ClN3O2Si/c1-27(2,3)34(20-10-6-4-7-11-20,21-12-8-5-9-13-21)33-25-22-14-15-29-18-23(22)32-24(25)19-16-30-26(28)31-17-19/h4-18H,1-3H3. The summed E-state index contributed by atoms with van der Waals surface area (Å²) in [5.74, 6) is 1.23. The van der Waals surface area contributed by atoms with Gasteiger partial charge in [-0.2, -0.15) is 0 Å². The summed E-state index contributed by atoms with van der Waals surface area (Å²) in [5.41, 5.74) is 1.33. The molecule has 0 unspecified atom stereocenters. The number of aromatic nitrogens is 3. The summed E-state index contributed by atoms with van der Waals surface area (Å²) in [6, 6.07) is 22.9. The molecular weight excluding hydrogens is 462 g/mol. The fourth-order valence-corrected chi connectivity index (χ4v) is 8.99. The molecule has 3 heterocycles. The fraction of sp³-hybridized carbons (Fsp3) is 0.148. The summed E-state index contributed by atoms with van der Waals surface area (Å²) in [6.07, 6.45) is 6.75. The normalized spacial score (nSPS) is 12.1. The number of hydrogen-bond acceptors (Lipinski definition) is 5. The van der Waals surface area contributed by atoms with Crippen LogP contribution in [-0.4, -0.2) is 23.3 Å². The second-order valence-electron chi connectivity index (χ2n) is 9.14. The van der Waals surface area contributed by atoms with Crippen LogP contribution in [0, 0.1) is 0 Å². The topological polar surface area (TPSA) is 61.0 Å². The summed E-state index contributed by atoms with van der Waals surface area (Å²) in [4.78, 5) is 12.6. The van der Waals surface area contributed by atoms with Crippen molar-refractivity contribution in [1.82, 2.24) is 15.0 Å². The lowest BCUT2D eigenvalue weighted by molar-refractivity contribution is 0.502. The van der Waals surface area contributed by atoms with E-state index in [2.05, 4.69) is 84.3 Å². The molecule has 0 bridgehead atoms. The lowest BCUT2D eigenvalue weighted by atomic mass is 10.2. The van der Waals surface area contributed by atoms with Crippen molar-refractivity contribution in [3.8, 4) is 17.1 Å². The lowest BCUT2D eigenvalue weighted by Gasteiger charge is -2.42. The van der Waals surface area contributed by atoms with Crippen LogP contribution in [0.5, 0.6) is 5.75 Å². The number of hydrogen-bond donors (Lipinski definition) is 0. The fourth-order valence-electron chi connectivity index (χ4n) is 4.45. The zero-order chi connectivity index (χ0) is 23.8. The van der Waals surface area contributed by atoms with Crippen molar-refractivity contribution in [1.29, 1.82) is 0 Å². The lowest BCUT2D eigenvalue weighted by Crippen LogP contribution is -2.68. The molecule has 0 amide bonds. The van der Waals surface area contributed by atoms with E-state index in [-0.39, 0.29) is 10.3 Å². The number of fused-ring (bicyclic) bond motifs is 1. The SMILES string of the molecule is CC(C)(C)[Si](Oc1c(-c2cnc(Cl)nc2)oc2cnccc12)(c1ccccc1)c1ccccc1. The third-order valence-electron chi connectivity index (χ3n) is 6.00. The van der Waals surface area contributed by atoms with E-state index in [0.717, 1.165) is 5.39 Å². The Bertz CT molecular complexity index is 1380. The predicted molar refractivity (Wildman–Crippen MR) is 138 cm³/mol. The van der Waals surface area contributed by atoms with Gasteiger partial charge in [0.2, 0.25) is 5.28 Å². The van der Waals surface area contributed by atoms with Gasteiger partial charge < -0.3 is 8.84 Å². The highest BCUT2D eigenvalue weighted by atomic mass is 35.5. The second-order valence-corrected chi connectivity index (χ2v) is 13.7. The number of rotatable bonds is 5. The number of halogens is 1. The molecule has 170 valence electrons. The van der Waals surface area contributed by atoms with Gasteiger partial charge in [0.05, 0.1) is 17.1 Å². The first-order valence-corrected chi connectivity index (χ1v) is 13.3. The molecule has 0 radical (unpaired) electrons. The van der Waals surface area contributed by atoms with E-state index in [1.165, 1.54) is 10.4 Å². The number of furan rings is 1. The van der Waals surface area contributed by atoms with Crippen LogP contribution in [0.25, 0.3) is 22.3 Å². The van der Waals surface area contributed by atoms with Crippen molar-refractivity contribution in [2.75, 3.05) is 0 Å². The number of pyridine rings is 1. The van der Waals surface area contributed by atoms with E-state index in [4.69, 9.17) is 20.4 Å². The maximum absolute atomic E-state index is 7.34. The Hall–Kier alpha value is -3.48. The van der Waals surface area contributed by atoms with Gasteiger partial charge in [-0.1, -0.05) is 81.4 Å². The third kappa shape index (κ3) is 3.79. The van der Waals surface area contributed by atoms with Gasteiger partial charge in [-0.15, -0.1) is 0 Å². The van der Waals surface area contributed by atoms with Gasteiger partial charge in [-0.3, -0.25) is 4.98 Å². The van der Waals surface area contributed by atoms with Crippen LogP contribution in [0.4, 0.5) is 0 Å². The highest BCUT2D eigenvalue weighted by Gasteiger charge is 2.52. The molecule has 0 aliphatic heterocycles. The van der Waals surface area contributed by atoms with E-state index in [1.54, 1.807) is 24.8 Å². The molecule has 34 heavy (non-hydrogen) atoms. The van der Waals surface area contributed by atoms with Gasteiger partial charge in [0.25, 0.3) is 0 Å². The first-order valence-electron chi connectivity index (χ1n) is 11.0. The van der Waals surface area contributed by atoms with Crippen molar-refractivity contribution in [2.45, 2.75) is 25.8 Å². The Labute approximate surface area is 204 Å². The van der Waals surface area contributed by atoms with E-state index < -0.39 is 8.32 Å². The summed E-state index contributed by atoms with van der Waals surface area (Å²) in [7, 11) is -2.89. The van der Waals surface area contributed by atoms with Gasteiger partial charge in [0.15, 0.2) is 17.1 Å². The molecule has 0 saturated heterocycles. The maximum Gasteiger partial charge on any atom is 0.320 e. The molecule has 5 aromatic rings. The van der Waals surface area contributed by atoms with Crippen LogP contribution in [0.2, 0.25) is 10.3 Å². The quantitative estimate of drug-likeness (QED) is 0.230. The molecule has 0 spiro atoms. The van der Waals surface area contributed by atoms with E-state index in [9.17, 15) is 0 Å². The second kappa shape index (κ2) is 8.70. The van der Waals surface area contributed by atoms with Crippen LogP contribution in [0.15, 0.2) is 95.9 Å². The van der Waals surface area contributed by atoms with Crippen molar-refractivity contribution in [2.24, 2.45) is 0 Å². The predicted octanol–water partition coefficient (Wildman–Crippen LogP) is 5.88. The van der Waals surface area contributed by atoms with Crippen molar-refractivity contribution in [3.63, 3.8) is 0 Å². The van der Waals surface area contributed by atoms with Gasteiger partial charge in [0.1, 0.15) is 0 Å². The van der Waals surface area contributed by atoms with Crippen LogP contribution in [0.3, 0.4) is 0 Å². The smallest absolute Gasteiger partial charge is 0.320 e. The molecule has 0 aliphatic carbocycles. The van der Waals surface area contributed by atoms with Crippen LogP contribution in [0.1, 0.15) is 20.8 Å². The average Bonchev–Trinajstić information content (AvgIpc) is 3.21. The van der Waals surface area contributed by atoms with Gasteiger partial charge in [-0.25, -0.2) is 9.97 Å². The molecule has 5 nitrogen and oxygen atoms in total. The van der Waals surface area contributed by atoms with Crippen molar-refractivity contribution in [3.05, 3.63) is 96.8 Å². The van der Waals surface area contributed by atoms with Crippen LogP contribution in [-0.2, 0) is 0 Å². The Morgan fingerprint density at radius 1 is 0.824 bits per heavy atom. The third-order valence-corrected chi connectivity index (χ3v) is 11.1.